The number of rotatable bonds is 3. The maximum absolute atomic E-state index is 13.3. The first kappa shape index (κ1) is 17.8. The average Bonchev–Trinajstić information content (AvgIpc) is 3.06. The van der Waals surface area contributed by atoms with Gasteiger partial charge in [-0.3, -0.25) is 14.9 Å². The van der Waals surface area contributed by atoms with Crippen molar-refractivity contribution in [3.63, 3.8) is 0 Å². The van der Waals surface area contributed by atoms with Crippen LogP contribution in [0.3, 0.4) is 0 Å². The van der Waals surface area contributed by atoms with E-state index in [1.807, 2.05) is 0 Å². The van der Waals surface area contributed by atoms with E-state index in [1.54, 1.807) is 6.07 Å². The summed E-state index contributed by atoms with van der Waals surface area (Å²) in [6, 6.07) is 7.60. The molecule has 0 radical (unpaired) electrons. The number of halogens is 3. The predicted molar refractivity (Wildman–Crippen MR) is 96.0 cm³/mol. The second kappa shape index (κ2) is 6.21. The standard InChI is InChI=1S/C18H12Cl2FN3O3/c19-13-5-9-7-24(15(25)12(9)6-14(13)20)8-18(16(26)22-17(27)23-18)10-1-3-11(21)4-2-10/h1-6H,7-8H2,(H2,22,23,26,27)/t18-/m0/s1. The number of urea groups is 1. The molecular weight excluding hydrogens is 396 g/mol. The van der Waals surface area contributed by atoms with Gasteiger partial charge in [0.1, 0.15) is 5.82 Å². The number of imide groups is 1. The molecule has 4 amide bonds. The molecular formula is C18H12Cl2FN3O3. The van der Waals surface area contributed by atoms with E-state index in [4.69, 9.17) is 23.2 Å². The lowest BCUT2D eigenvalue weighted by Crippen LogP contribution is -2.52. The molecule has 0 aliphatic carbocycles. The molecule has 0 unspecified atom stereocenters. The summed E-state index contributed by atoms with van der Waals surface area (Å²) in [6.07, 6.45) is 0. The van der Waals surface area contributed by atoms with Crippen LogP contribution in [-0.2, 0) is 16.9 Å². The van der Waals surface area contributed by atoms with E-state index >= 15 is 0 Å². The minimum absolute atomic E-state index is 0.126. The normalized spacial score (nSPS) is 21.3. The summed E-state index contributed by atoms with van der Waals surface area (Å²) in [5.74, 6) is -1.43. The molecule has 0 spiro atoms. The summed E-state index contributed by atoms with van der Waals surface area (Å²) in [5.41, 5.74) is -0.0837. The number of benzene rings is 2. The molecule has 1 saturated heterocycles. The highest BCUT2D eigenvalue weighted by atomic mass is 35.5. The molecule has 2 N–H and O–H groups in total. The number of carbonyl (C=O) groups excluding carboxylic acids is 3. The fourth-order valence-corrected chi connectivity index (χ4v) is 3.76. The third-order valence-electron chi connectivity index (χ3n) is 4.73. The van der Waals surface area contributed by atoms with Gasteiger partial charge in [-0.25, -0.2) is 9.18 Å². The van der Waals surface area contributed by atoms with Gasteiger partial charge in [-0.05, 0) is 35.4 Å². The van der Waals surface area contributed by atoms with Gasteiger partial charge in [-0.2, -0.15) is 0 Å². The largest absolute Gasteiger partial charge is 0.331 e. The van der Waals surface area contributed by atoms with Crippen LogP contribution < -0.4 is 10.6 Å². The summed E-state index contributed by atoms with van der Waals surface area (Å²) >= 11 is 12.0. The molecule has 2 aliphatic rings. The van der Waals surface area contributed by atoms with Crippen LogP contribution in [0.2, 0.25) is 10.0 Å². The van der Waals surface area contributed by atoms with Gasteiger partial charge < -0.3 is 10.2 Å². The van der Waals surface area contributed by atoms with E-state index in [1.165, 1.54) is 35.2 Å². The van der Waals surface area contributed by atoms with Gasteiger partial charge in [-0.1, -0.05) is 35.3 Å². The molecule has 6 nitrogen and oxygen atoms in total. The number of hydrogen-bond donors (Lipinski definition) is 2. The number of carbonyl (C=O) groups is 3. The van der Waals surface area contributed by atoms with Crippen LogP contribution in [0, 0.1) is 5.82 Å². The van der Waals surface area contributed by atoms with Gasteiger partial charge in [0.15, 0.2) is 5.54 Å². The second-order valence-corrected chi connectivity index (χ2v) is 7.22. The Hall–Kier alpha value is -2.64. The van der Waals surface area contributed by atoms with Crippen molar-refractivity contribution in [2.24, 2.45) is 0 Å². The second-order valence-electron chi connectivity index (χ2n) is 6.41. The van der Waals surface area contributed by atoms with Crippen molar-refractivity contribution in [1.82, 2.24) is 15.5 Å². The van der Waals surface area contributed by atoms with E-state index in [-0.39, 0.29) is 24.0 Å². The number of nitrogens with one attached hydrogen (secondary N) is 2. The summed E-state index contributed by atoms with van der Waals surface area (Å²) < 4.78 is 13.3. The minimum Gasteiger partial charge on any atom is -0.331 e. The molecule has 27 heavy (non-hydrogen) atoms. The van der Waals surface area contributed by atoms with Crippen molar-refractivity contribution in [3.05, 3.63) is 69.0 Å². The highest BCUT2D eigenvalue weighted by molar-refractivity contribution is 6.42. The van der Waals surface area contributed by atoms with Crippen molar-refractivity contribution in [2.45, 2.75) is 12.1 Å². The predicted octanol–water partition coefficient (Wildman–Crippen LogP) is 2.82. The van der Waals surface area contributed by atoms with E-state index < -0.39 is 23.3 Å². The molecule has 2 aromatic carbocycles. The maximum atomic E-state index is 13.3. The molecule has 0 bridgehead atoms. The molecule has 4 rings (SSSR count). The molecule has 138 valence electrons. The first-order valence-corrected chi connectivity index (χ1v) is 8.72. The van der Waals surface area contributed by atoms with Gasteiger partial charge in [0.25, 0.3) is 11.8 Å². The third kappa shape index (κ3) is 2.83. The smallest absolute Gasteiger partial charge is 0.322 e. The number of amides is 4. The molecule has 2 heterocycles. The lowest BCUT2D eigenvalue weighted by molar-refractivity contribution is -0.124. The highest BCUT2D eigenvalue weighted by Crippen LogP contribution is 2.34. The molecule has 1 atom stereocenters. The zero-order valence-corrected chi connectivity index (χ0v) is 15.2. The van der Waals surface area contributed by atoms with Crippen LogP contribution in [0.15, 0.2) is 36.4 Å². The average molecular weight is 408 g/mol. The fraction of sp³-hybridized carbons (Fsp3) is 0.167. The number of nitrogens with zero attached hydrogens (tertiary/aromatic N) is 1. The summed E-state index contributed by atoms with van der Waals surface area (Å²) in [5, 5.41) is 5.35. The summed E-state index contributed by atoms with van der Waals surface area (Å²) in [6.45, 7) is 0.0795. The van der Waals surface area contributed by atoms with Crippen LogP contribution in [0.5, 0.6) is 0 Å². The molecule has 0 saturated carbocycles. The van der Waals surface area contributed by atoms with Crippen molar-refractivity contribution >= 4 is 41.0 Å². The Bertz CT molecular complexity index is 996. The Balaban J connectivity index is 1.72. The van der Waals surface area contributed by atoms with E-state index in [0.29, 0.717) is 21.7 Å². The lowest BCUT2D eigenvalue weighted by atomic mass is 9.89. The van der Waals surface area contributed by atoms with Crippen LogP contribution in [-0.4, -0.2) is 29.3 Å². The van der Waals surface area contributed by atoms with Crippen molar-refractivity contribution in [1.29, 1.82) is 0 Å². The van der Waals surface area contributed by atoms with Crippen LogP contribution in [0.25, 0.3) is 0 Å². The molecule has 0 aromatic heterocycles. The van der Waals surface area contributed by atoms with Crippen molar-refractivity contribution < 1.29 is 18.8 Å². The SMILES string of the molecule is O=C1NC(=O)[C@](CN2Cc3cc(Cl)c(Cl)cc3C2=O)(c2ccc(F)cc2)N1. The third-order valence-corrected chi connectivity index (χ3v) is 5.45. The van der Waals surface area contributed by atoms with Crippen LogP contribution >= 0.6 is 23.2 Å². The Morgan fingerprint density at radius 2 is 1.74 bits per heavy atom. The Morgan fingerprint density at radius 1 is 1.07 bits per heavy atom. The topological polar surface area (TPSA) is 78.5 Å². The first-order chi connectivity index (χ1) is 12.8. The van der Waals surface area contributed by atoms with Crippen LogP contribution in [0.4, 0.5) is 9.18 Å². The number of hydrogen-bond acceptors (Lipinski definition) is 3. The molecule has 2 aromatic rings. The van der Waals surface area contributed by atoms with E-state index in [0.717, 1.165) is 0 Å². The van der Waals surface area contributed by atoms with Gasteiger partial charge in [0.05, 0.1) is 16.6 Å². The first-order valence-electron chi connectivity index (χ1n) is 7.97. The summed E-state index contributed by atoms with van der Waals surface area (Å²) in [4.78, 5) is 38.6. The number of fused-ring (bicyclic) bond motifs is 1. The van der Waals surface area contributed by atoms with Gasteiger partial charge >= 0.3 is 6.03 Å². The fourth-order valence-electron chi connectivity index (χ4n) is 3.41. The van der Waals surface area contributed by atoms with Crippen LogP contribution in [0.1, 0.15) is 21.5 Å². The lowest BCUT2D eigenvalue weighted by Gasteiger charge is -2.31. The van der Waals surface area contributed by atoms with E-state index in [9.17, 15) is 18.8 Å². The Kier molecular flexibility index (Phi) is 4.09. The van der Waals surface area contributed by atoms with Gasteiger partial charge in [-0.15, -0.1) is 0 Å². The quantitative estimate of drug-likeness (QED) is 0.767. The highest BCUT2D eigenvalue weighted by Gasteiger charge is 2.50. The zero-order chi connectivity index (χ0) is 19.3. The van der Waals surface area contributed by atoms with E-state index in [2.05, 4.69) is 10.6 Å². The Labute approximate surface area is 163 Å². The Morgan fingerprint density at radius 3 is 2.37 bits per heavy atom. The zero-order valence-electron chi connectivity index (χ0n) is 13.7. The van der Waals surface area contributed by atoms with Gasteiger partial charge in [0, 0.05) is 12.1 Å². The van der Waals surface area contributed by atoms with Crippen molar-refractivity contribution in [3.8, 4) is 0 Å². The summed E-state index contributed by atoms with van der Waals surface area (Å²) in [7, 11) is 0. The van der Waals surface area contributed by atoms with Gasteiger partial charge in [0.2, 0.25) is 0 Å². The molecule has 2 aliphatic heterocycles. The molecule has 9 heteroatoms. The molecule has 1 fully saturated rings. The monoisotopic (exact) mass is 407 g/mol. The maximum Gasteiger partial charge on any atom is 0.322 e. The minimum atomic E-state index is -1.52. The van der Waals surface area contributed by atoms with Crippen molar-refractivity contribution in [2.75, 3.05) is 6.54 Å².